The number of urea groups is 1. The van der Waals surface area contributed by atoms with E-state index in [1.165, 1.54) is 7.11 Å². The SMILES string of the molecule is COc1ccc(CN(C[C@H]2CCCO2)C(=O)NC(C)(C)C)cc1OS(=O)(=O)C(C)C. The molecule has 0 aliphatic carbocycles. The van der Waals surface area contributed by atoms with Gasteiger partial charge in [-0.25, -0.2) is 4.79 Å². The van der Waals surface area contributed by atoms with Gasteiger partial charge < -0.3 is 23.9 Å². The second-order valence-corrected chi connectivity index (χ2v) is 10.9. The zero-order valence-electron chi connectivity index (χ0n) is 18.7. The van der Waals surface area contributed by atoms with E-state index >= 15 is 0 Å². The summed E-state index contributed by atoms with van der Waals surface area (Å²) in [6.07, 6.45) is 1.88. The molecule has 1 atom stereocenters. The van der Waals surface area contributed by atoms with Crippen LogP contribution in [-0.4, -0.2) is 56.5 Å². The summed E-state index contributed by atoms with van der Waals surface area (Å²) in [5.74, 6) is 0.421. The Morgan fingerprint density at radius 1 is 1.30 bits per heavy atom. The fourth-order valence-corrected chi connectivity index (χ4v) is 3.55. The summed E-state index contributed by atoms with van der Waals surface area (Å²) in [5.41, 5.74) is 0.345. The fourth-order valence-electron chi connectivity index (χ4n) is 2.98. The van der Waals surface area contributed by atoms with Gasteiger partial charge in [0, 0.05) is 25.2 Å². The average molecular weight is 443 g/mol. The molecule has 8 nitrogen and oxygen atoms in total. The molecular weight excluding hydrogens is 408 g/mol. The molecule has 1 fully saturated rings. The van der Waals surface area contributed by atoms with Crippen LogP contribution in [0.3, 0.4) is 0 Å². The molecule has 2 amide bonds. The molecule has 1 saturated heterocycles. The fraction of sp³-hybridized carbons (Fsp3) is 0.667. The minimum atomic E-state index is -3.78. The molecule has 1 aromatic rings. The smallest absolute Gasteiger partial charge is 0.318 e. The molecule has 1 N–H and O–H groups in total. The van der Waals surface area contributed by atoms with Crippen molar-refractivity contribution in [2.45, 2.75) is 70.9 Å². The van der Waals surface area contributed by atoms with E-state index in [9.17, 15) is 13.2 Å². The highest BCUT2D eigenvalue weighted by Crippen LogP contribution is 2.31. The van der Waals surface area contributed by atoms with E-state index in [2.05, 4.69) is 5.32 Å². The van der Waals surface area contributed by atoms with Crippen LogP contribution in [0.5, 0.6) is 11.5 Å². The monoisotopic (exact) mass is 442 g/mol. The zero-order chi connectivity index (χ0) is 22.5. The summed E-state index contributed by atoms with van der Waals surface area (Å²) >= 11 is 0. The summed E-state index contributed by atoms with van der Waals surface area (Å²) < 4.78 is 40.7. The summed E-state index contributed by atoms with van der Waals surface area (Å²) in [5, 5.41) is 2.29. The van der Waals surface area contributed by atoms with Crippen LogP contribution >= 0.6 is 0 Å². The van der Waals surface area contributed by atoms with Crippen LogP contribution in [0.1, 0.15) is 53.0 Å². The van der Waals surface area contributed by atoms with Crippen molar-refractivity contribution in [3.8, 4) is 11.5 Å². The predicted octanol–water partition coefficient (Wildman–Crippen LogP) is 3.30. The van der Waals surface area contributed by atoms with Crippen molar-refractivity contribution in [3.05, 3.63) is 23.8 Å². The number of amides is 2. The summed E-state index contributed by atoms with van der Waals surface area (Å²) in [6, 6.07) is 4.84. The van der Waals surface area contributed by atoms with Gasteiger partial charge in [0.1, 0.15) is 0 Å². The van der Waals surface area contributed by atoms with Gasteiger partial charge in [0.05, 0.1) is 18.5 Å². The second kappa shape index (κ2) is 9.87. The lowest BCUT2D eigenvalue weighted by Gasteiger charge is -2.30. The Bertz CT molecular complexity index is 826. The highest BCUT2D eigenvalue weighted by Gasteiger charge is 2.26. The number of benzene rings is 1. The van der Waals surface area contributed by atoms with Crippen molar-refractivity contribution in [1.29, 1.82) is 0 Å². The van der Waals surface area contributed by atoms with Crippen molar-refractivity contribution in [1.82, 2.24) is 10.2 Å². The Morgan fingerprint density at radius 2 is 2.00 bits per heavy atom. The van der Waals surface area contributed by atoms with Crippen LogP contribution in [0.15, 0.2) is 18.2 Å². The van der Waals surface area contributed by atoms with Crippen LogP contribution in [0, 0.1) is 0 Å². The first-order chi connectivity index (χ1) is 13.9. The van der Waals surface area contributed by atoms with E-state index in [0.29, 0.717) is 18.9 Å². The number of carbonyl (C=O) groups excluding carboxylic acids is 1. The maximum absolute atomic E-state index is 12.9. The lowest BCUT2D eigenvalue weighted by atomic mass is 10.1. The van der Waals surface area contributed by atoms with Crippen molar-refractivity contribution in [2.24, 2.45) is 0 Å². The summed E-state index contributed by atoms with van der Waals surface area (Å²) in [6.45, 7) is 10.3. The molecule has 0 aromatic heterocycles. The van der Waals surface area contributed by atoms with Gasteiger partial charge >= 0.3 is 16.1 Å². The topological polar surface area (TPSA) is 94.2 Å². The Labute approximate surface area is 180 Å². The Balaban J connectivity index is 2.26. The van der Waals surface area contributed by atoms with Crippen LogP contribution in [0.25, 0.3) is 0 Å². The van der Waals surface area contributed by atoms with E-state index in [1.807, 2.05) is 20.8 Å². The molecule has 1 aliphatic heterocycles. The Morgan fingerprint density at radius 3 is 2.53 bits per heavy atom. The maximum Gasteiger partial charge on any atom is 0.318 e. The molecule has 0 radical (unpaired) electrons. The van der Waals surface area contributed by atoms with Gasteiger partial charge in [-0.1, -0.05) is 6.07 Å². The third kappa shape index (κ3) is 7.05. The number of nitrogens with one attached hydrogen (secondary N) is 1. The van der Waals surface area contributed by atoms with E-state index in [0.717, 1.165) is 18.4 Å². The van der Waals surface area contributed by atoms with Crippen molar-refractivity contribution in [3.63, 3.8) is 0 Å². The van der Waals surface area contributed by atoms with Gasteiger partial charge in [0.2, 0.25) is 0 Å². The van der Waals surface area contributed by atoms with E-state index in [-0.39, 0.29) is 30.0 Å². The molecule has 2 rings (SSSR count). The zero-order valence-corrected chi connectivity index (χ0v) is 19.5. The van der Waals surface area contributed by atoms with Crippen LogP contribution < -0.4 is 14.2 Å². The molecule has 0 saturated carbocycles. The lowest BCUT2D eigenvalue weighted by molar-refractivity contribution is 0.0782. The molecule has 0 spiro atoms. The maximum atomic E-state index is 12.9. The summed E-state index contributed by atoms with van der Waals surface area (Å²) in [7, 11) is -2.33. The van der Waals surface area contributed by atoms with Gasteiger partial charge in [-0.05, 0) is 65.2 Å². The van der Waals surface area contributed by atoms with Crippen LogP contribution in [-0.2, 0) is 21.4 Å². The van der Waals surface area contributed by atoms with Crippen molar-refractivity contribution >= 4 is 16.1 Å². The number of carbonyl (C=O) groups is 1. The normalized spacial score (nSPS) is 17.1. The highest BCUT2D eigenvalue weighted by atomic mass is 32.2. The second-order valence-electron chi connectivity index (χ2n) is 8.81. The van der Waals surface area contributed by atoms with Crippen molar-refractivity contribution < 1.29 is 26.9 Å². The molecule has 9 heteroatoms. The minimum absolute atomic E-state index is 0.00833. The summed E-state index contributed by atoms with van der Waals surface area (Å²) in [4.78, 5) is 14.6. The first-order valence-electron chi connectivity index (χ1n) is 10.2. The predicted molar refractivity (Wildman–Crippen MR) is 115 cm³/mol. The van der Waals surface area contributed by atoms with Gasteiger partial charge in [-0.3, -0.25) is 0 Å². The number of rotatable bonds is 8. The molecular formula is C21H34N2O6S. The third-order valence-corrected chi connectivity index (χ3v) is 6.17. The van der Waals surface area contributed by atoms with Crippen molar-refractivity contribution in [2.75, 3.05) is 20.3 Å². The Kier molecular flexibility index (Phi) is 7.99. The minimum Gasteiger partial charge on any atom is -0.493 e. The van der Waals surface area contributed by atoms with E-state index < -0.39 is 15.4 Å². The highest BCUT2D eigenvalue weighted by molar-refractivity contribution is 7.87. The average Bonchev–Trinajstić information content (AvgIpc) is 3.12. The number of hydrogen-bond acceptors (Lipinski definition) is 6. The standard InChI is InChI=1S/C21H34N2O6S/c1-15(2)30(25,26)29-19-12-16(9-10-18(19)27-6)13-23(14-17-8-7-11-28-17)20(24)22-21(3,4)5/h9-10,12,15,17H,7-8,11,13-14H2,1-6H3,(H,22,24)/t17-/m1/s1. The molecule has 170 valence electrons. The number of methoxy groups -OCH3 is 1. The van der Waals surface area contributed by atoms with Crippen LogP contribution in [0.2, 0.25) is 0 Å². The van der Waals surface area contributed by atoms with Gasteiger partial charge in [-0.2, -0.15) is 8.42 Å². The quantitative estimate of drug-likeness (QED) is 0.621. The van der Waals surface area contributed by atoms with Gasteiger partial charge in [0.15, 0.2) is 11.5 Å². The first kappa shape index (κ1) is 24.3. The van der Waals surface area contributed by atoms with Gasteiger partial charge in [0.25, 0.3) is 0 Å². The lowest BCUT2D eigenvalue weighted by Crippen LogP contribution is -2.50. The molecule has 1 heterocycles. The molecule has 0 unspecified atom stereocenters. The molecule has 1 aromatic carbocycles. The molecule has 30 heavy (non-hydrogen) atoms. The third-order valence-electron chi connectivity index (χ3n) is 4.60. The first-order valence-corrected chi connectivity index (χ1v) is 11.7. The van der Waals surface area contributed by atoms with Gasteiger partial charge in [-0.15, -0.1) is 0 Å². The Hall–Kier alpha value is -2.00. The van der Waals surface area contributed by atoms with E-state index in [1.54, 1.807) is 36.9 Å². The largest absolute Gasteiger partial charge is 0.493 e. The number of hydrogen-bond donors (Lipinski definition) is 1. The number of ether oxygens (including phenoxy) is 2. The molecule has 1 aliphatic rings. The molecule has 0 bridgehead atoms. The van der Waals surface area contributed by atoms with E-state index in [4.69, 9.17) is 13.7 Å². The van der Waals surface area contributed by atoms with Crippen LogP contribution in [0.4, 0.5) is 4.79 Å². The number of nitrogens with zero attached hydrogens (tertiary/aromatic N) is 1.